The first-order valence-electron chi connectivity index (χ1n) is 5.33. The van der Waals surface area contributed by atoms with E-state index >= 15 is 0 Å². The van der Waals surface area contributed by atoms with Gasteiger partial charge in [-0.3, -0.25) is 0 Å². The van der Waals surface area contributed by atoms with E-state index in [0.29, 0.717) is 15.7 Å². The number of aromatic nitrogens is 1. The van der Waals surface area contributed by atoms with Crippen molar-refractivity contribution >= 4 is 45.9 Å². The molecule has 1 aromatic heterocycles. The predicted molar refractivity (Wildman–Crippen MR) is 79.8 cm³/mol. The first-order chi connectivity index (χ1) is 8.49. The van der Waals surface area contributed by atoms with Gasteiger partial charge in [0.1, 0.15) is 0 Å². The van der Waals surface area contributed by atoms with Crippen LogP contribution in [0.3, 0.4) is 0 Å². The molecule has 2 rings (SSSR count). The molecule has 96 valence electrons. The summed E-state index contributed by atoms with van der Waals surface area (Å²) in [7, 11) is 1.97. The molecule has 6 heteroatoms. The molecule has 0 unspecified atom stereocenters. The molecule has 3 nitrogen and oxygen atoms in total. The number of nitrogen functional groups attached to an aromatic ring is 1. The Hall–Kier alpha value is -0.970. The van der Waals surface area contributed by atoms with Gasteiger partial charge in [0.25, 0.3) is 0 Å². The van der Waals surface area contributed by atoms with Gasteiger partial charge in [-0.05, 0) is 19.1 Å². The van der Waals surface area contributed by atoms with Gasteiger partial charge in [-0.2, -0.15) is 0 Å². The van der Waals surface area contributed by atoms with Crippen molar-refractivity contribution in [2.75, 3.05) is 17.7 Å². The Morgan fingerprint density at radius 3 is 2.61 bits per heavy atom. The molecule has 0 radical (unpaired) electrons. The molecule has 1 heterocycles. The largest absolute Gasteiger partial charge is 0.397 e. The maximum atomic E-state index is 6.02. The lowest BCUT2D eigenvalue weighted by Crippen LogP contribution is -2.17. The molecule has 0 spiro atoms. The minimum atomic E-state index is 0.472. The molecule has 0 aliphatic carbocycles. The van der Waals surface area contributed by atoms with Crippen LogP contribution in [-0.2, 0) is 6.54 Å². The van der Waals surface area contributed by atoms with E-state index in [-0.39, 0.29) is 0 Å². The van der Waals surface area contributed by atoms with Gasteiger partial charge in [0.15, 0.2) is 0 Å². The third-order valence-electron chi connectivity index (χ3n) is 2.71. The van der Waals surface area contributed by atoms with E-state index in [0.717, 1.165) is 17.9 Å². The Morgan fingerprint density at radius 1 is 1.33 bits per heavy atom. The molecule has 2 aromatic rings. The molecule has 0 bridgehead atoms. The zero-order chi connectivity index (χ0) is 13.3. The zero-order valence-corrected chi connectivity index (χ0v) is 12.4. The monoisotopic (exact) mass is 301 g/mol. The Bertz CT molecular complexity index is 568. The first-order valence-corrected chi connectivity index (χ1v) is 6.97. The minimum Gasteiger partial charge on any atom is -0.397 e. The maximum absolute atomic E-state index is 6.02. The lowest BCUT2D eigenvalue weighted by Gasteiger charge is -2.21. The van der Waals surface area contributed by atoms with E-state index in [1.54, 1.807) is 23.5 Å². The number of rotatable bonds is 3. The van der Waals surface area contributed by atoms with Crippen molar-refractivity contribution in [3.05, 3.63) is 38.3 Å². The second-order valence-electron chi connectivity index (χ2n) is 4.04. The fraction of sp³-hybridized carbons (Fsp3) is 0.250. The number of halogens is 2. The van der Waals surface area contributed by atoms with Crippen molar-refractivity contribution in [3.63, 3.8) is 0 Å². The summed E-state index contributed by atoms with van der Waals surface area (Å²) in [4.78, 5) is 7.48. The molecule has 18 heavy (non-hydrogen) atoms. The lowest BCUT2D eigenvalue weighted by molar-refractivity contribution is 0.928. The Morgan fingerprint density at radius 2 is 2.00 bits per heavy atom. The quantitative estimate of drug-likeness (QED) is 0.872. The van der Waals surface area contributed by atoms with Crippen LogP contribution < -0.4 is 10.6 Å². The third kappa shape index (κ3) is 2.71. The van der Waals surface area contributed by atoms with Gasteiger partial charge >= 0.3 is 0 Å². The molecular formula is C12H13Cl2N3S. The summed E-state index contributed by atoms with van der Waals surface area (Å²) in [5.74, 6) is 0. The third-order valence-corrected chi connectivity index (χ3v) is 4.35. The molecule has 0 fully saturated rings. The summed E-state index contributed by atoms with van der Waals surface area (Å²) in [6.45, 7) is 2.75. The highest BCUT2D eigenvalue weighted by Gasteiger charge is 2.11. The summed E-state index contributed by atoms with van der Waals surface area (Å²) in [5.41, 5.74) is 10.3. The predicted octanol–water partition coefficient (Wildman–Crippen LogP) is 3.98. The number of benzene rings is 1. The molecule has 0 aliphatic heterocycles. The Balaban J connectivity index is 2.26. The van der Waals surface area contributed by atoms with Crippen LogP contribution in [0.15, 0.2) is 17.6 Å². The van der Waals surface area contributed by atoms with E-state index in [9.17, 15) is 0 Å². The summed E-state index contributed by atoms with van der Waals surface area (Å²) < 4.78 is 0. The zero-order valence-electron chi connectivity index (χ0n) is 10.1. The van der Waals surface area contributed by atoms with Crippen molar-refractivity contribution in [2.24, 2.45) is 0 Å². The highest BCUT2D eigenvalue weighted by Crippen LogP contribution is 2.33. The van der Waals surface area contributed by atoms with Crippen LogP contribution in [0.2, 0.25) is 10.0 Å². The van der Waals surface area contributed by atoms with Crippen molar-refractivity contribution < 1.29 is 0 Å². The molecule has 0 aliphatic rings. The van der Waals surface area contributed by atoms with Crippen molar-refractivity contribution in [1.82, 2.24) is 4.98 Å². The van der Waals surface area contributed by atoms with Crippen LogP contribution in [-0.4, -0.2) is 12.0 Å². The van der Waals surface area contributed by atoms with Gasteiger partial charge in [0.2, 0.25) is 0 Å². The number of nitrogens with zero attached hydrogens (tertiary/aromatic N) is 2. The van der Waals surface area contributed by atoms with E-state index < -0.39 is 0 Å². The fourth-order valence-electron chi connectivity index (χ4n) is 1.66. The van der Waals surface area contributed by atoms with Gasteiger partial charge in [-0.1, -0.05) is 23.2 Å². The van der Waals surface area contributed by atoms with Gasteiger partial charge < -0.3 is 10.6 Å². The van der Waals surface area contributed by atoms with Gasteiger partial charge in [0, 0.05) is 11.9 Å². The van der Waals surface area contributed by atoms with Crippen molar-refractivity contribution in [3.8, 4) is 0 Å². The Labute approximate surface area is 120 Å². The van der Waals surface area contributed by atoms with Crippen LogP contribution >= 0.6 is 34.5 Å². The number of anilines is 2. The van der Waals surface area contributed by atoms with E-state index in [2.05, 4.69) is 4.98 Å². The average molecular weight is 302 g/mol. The van der Waals surface area contributed by atoms with Crippen molar-refractivity contribution in [1.29, 1.82) is 0 Å². The molecule has 0 saturated carbocycles. The van der Waals surface area contributed by atoms with E-state index in [1.165, 1.54) is 4.88 Å². The highest BCUT2D eigenvalue weighted by molar-refractivity contribution is 7.09. The molecular weight excluding hydrogens is 289 g/mol. The topological polar surface area (TPSA) is 42.2 Å². The number of hydrogen-bond donors (Lipinski definition) is 1. The van der Waals surface area contributed by atoms with Gasteiger partial charge in [-0.15, -0.1) is 11.3 Å². The van der Waals surface area contributed by atoms with E-state index in [1.807, 2.05) is 24.4 Å². The molecule has 0 atom stereocenters. The van der Waals surface area contributed by atoms with Crippen LogP contribution in [0, 0.1) is 6.92 Å². The first kappa shape index (κ1) is 13.5. The van der Waals surface area contributed by atoms with Crippen LogP contribution in [0.1, 0.15) is 10.6 Å². The van der Waals surface area contributed by atoms with Gasteiger partial charge in [0.05, 0.1) is 39.2 Å². The molecule has 0 saturated heterocycles. The molecule has 2 N–H and O–H groups in total. The number of aryl methyl sites for hydroxylation is 1. The van der Waals surface area contributed by atoms with Crippen molar-refractivity contribution in [2.45, 2.75) is 13.5 Å². The number of nitrogens with two attached hydrogens (primary N) is 1. The SMILES string of the molecule is Cc1ncsc1CN(C)c1cc(Cl)c(Cl)cc1N. The summed E-state index contributed by atoms with van der Waals surface area (Å²) in [6, 6.07) is 3.46. The van der Waals surface area contributed by atoms with E-state index in [4.69, 9.17) is 28.9 Å². The Kier molecular flexibility index (Phi) is 4.00. The summed E-state index contributed by atoms with van der Waals surface area (Å²) in [6.07, 6.45) is 0. The standard InChI is InChI=1S/C12H13Cl2N3S/c1-7-12(18-6-16-7)5-17(2)11-4-9(14)8(13)3-10(11)15/h3-4,6H,5,15H2,1-2H3. The average Bonchev–Trinajstić information content (AvgIpc) is 2.69. The van der Waals surface area contributed by atoms with Crippen LogP contribution in [0.4, 0.5) is 11.4 Å². The number of thiazole rings is 1. The smallest absolute Gasteiger partial charge is 0.0798 e. The maximum Gasteiger partial charge on any atom is 0.0798 e. The van der Waals surface area contributed by atoms with Crippen LogP contribution in [0.25, 0.3) is 0 Å². The second-order valence-corrected chi connectivity index (χ2v) is 5.80. The highest BCUT2D eigenvalue weighted by atomic mass is 35.5. The van der Waals surface area contributed by atoms with Crippen LogP contribution in [0.5, 0.6) is 0 Å². The second kappa shape index (κ2) is 5.34. The normalized spacial score (nSPS) is 10.7. The molecule has 1 aromatic carbocycles. The fourth-order valence-corrected chi connectivity index (χ4v) is 2.82. The van der Waals surface area contributed by atoms with Gasteiger partial charge in [-0.25, -0.2) is 4.98 Å². The summed E-state index contributed by atoms with van der Waals surface area (Å²) in [5, 5.41) is 0.981. The molecule has 0 amide bonds. The minimum absolute atomic E-state index is 0.472. The number of hydrogen-bond acceptors (Lipinski definition) is 4. The lowest BCUT2D eigenvalue weighted by atomic mass is 10.2. The summed E-state index contributed by atoms with van der Waals surface area (Å²) >= 11 is 13.6.